The highest BCUT2D eigenvalue weighted by molar-refractivity contribution is 6.01. The van der Waals surface area contributed by atoms with Crippen LogP contribution in [0, 0.1) is 0 Å². The molecule has 156 valence electrons. The molecule has 0 saturated heterocycles. The Morgan fingerprint density at radius 2 is 1.84 bits per heavy atom. The molecule has 4 rings (SSSR count). The van der Waals surface area contributed by atoms with Crippen molar-refractivity contribution in [3.8, 4) is 11.5 Å². The van der Waals surface area contributed by atoms with Crippen LogP contribution in [-0.2, 0) is 10.2 Å². The topological polar surface area (TPSA) is 77.6 Å². The highest BCUT2D eigenvalue weighted by atomic mass is 16.1. The van der Waals surface area contributed by atoms with E-state index in [-0.39, 0.29) is 11.3 Å². The molecule has 0 atom stereocenters. The Labute approximate surface area is 181 Å². The molecule has 1 aromatic carbocycles. The maximum Gasteiger partial charge on any atom is 0.249 e. The van der Waals surface area contributed by atoms with Crippen molar-refractivity contribution >= 4 is 17.8 Å². The Morgan fingerprint density at radius 1 is 1.06 bits per heavy atom. The van der Waals surface area contributed by atoms with Crippen molar-refractivity contribution < 1.29 is 4.79 Å². The minimum atomic E-state index is -0.259. The van der Waals surface area contributed by atoms with Crippen molar-refractivity contribution in [1.82, 2.24) is 24.5 Å². The van der Waals surface area contributed by atoms with Gasteiger partial charge in [0.2, 0.25) is 5.91 Å². The first-order chi connectivity index (χ1) is 14.9. The van der Waals surface area contributed by atoms with Crippen LogP contribution < -0.4 is 5.32 Å². The monoisotopic (exact) mass is 412 g/mol. The Kier molecular flexibility index (Phi) is 5.49. The number of nitrogens with zero attached hydrogens (tertiary/aromatic N) is 5. The molecule has 0 saturated carbocycles. The average molecular weight is 412 g/mol. The van der Waals surface area contributed by atoms with E-state index in [1.165, 1.54) is 6.08 Å². The summed E-state index contributed by atoms with van der Waals surface area (Å²) in [7, 11) is 0. The van der Waals surface area contributed by atoms with Gasteiger partial charge in [-0.1, -0.05) is 45.0 Å². The van der Waals surface area contributed by atoms with Gasteiger partial charge in [0.1, 0.15) is 5.82 Å². The molecule has 31 heavy (non-hydrogen) atoms. The highest BCUT2D eigenvalue weighted by Gasteiger charge is 2.21. The molecule has 0 spiro atoms. The van der Waals surface area contributed by atoms with E-state index in [0.29, 0.717) is 11.6 Å². The molecule has 7 heteroatoms. The fraction of sp³-hybridized carbons (Fsp3) is 0.167. The highest BCUT2D eigenvalue weighted by Crippen LogP contribution is 2.25. The zero-order chi connectivity index (χ0) is 21.8. The molecule has 0 bridgehead atoms. The first kappa shape index (κ1) is 20.3. The zero-order valence-electron chi connectivity index (χ0n) is 17.7. The molecule has 0 aliphatic heterocycles. The van der Waals surface area contributed by atoms with Crippen LogP contribution in [0.1, 0.15) is 32.0 Å². The SMILES string of the molecule is CC(C)(C)c1cc(NC(=O)/C=C/c2cnn(-c3ccccc3)c2)n(-c2ccccn2)n1. The third kappa shape index (κ3) is 4.78. The third-order valence-corrected chi connectivity index (χ3v) is 4.65. The third-order valence-electron chi connectivity index (χ3n) is 4.65. The molecular weight excluding hydrogens is 388 g/mol. The fourth-order valence-electron chi connectivity index (χ4n) is 2.97. The summed E-state index contributed by atoms with van der Waals surface area (Å²) in [5, 5.41) is 11.9. The van der Waals surface area contributed by atoms with Gasteiger partial charge in [0.05, 0.1) is 17.6 Å². The number of benzene rings is 1. The number of aromatic nitrogens is 5. The standard InChI is InChI=1S/C24H24N6O/c1-24(2,3)20-15-22(30(28-20)21-11-7-8-14-25-21)27-23(31)13-12-18-16-26-29(17-18)19-9-5-4-6-10-19/h4-17H,1-3H3,(H,27,31)/b13-12+. The van der Waals surface area contributed by atoms with Crippen molar-refractivity contribution in [2.24, 2.45) is 0 Å². The zero-order valence-corrected chi connectivity index (χ0v) is 17.7. The molecule has 0 aliphatic rings. The first-order valence-corrected chi connectivity index (χ1v) is 10.0. The second kappa shape index (κ2) is 8.39. The summed E-state index contributed by atoms with van der Waals surface area (Å²) in [6, 6.07) is 17.3. The molecule has 0 unspecified atom stereocenters. The predicted molar refractivity (Wildman–Crippen MR) is 121 cm³/mol. The maximum atomic E-state index is 12.6. The Bertz CT molecular complexity index is 1200. The number of carbonyl (C=O) groups is 1. The van der Waals surface area contributed by atoms with E-state index in [0.717, 1.165) is 16.9 Å². The van der Waals surface area contributed by atoms with Gasteiger partial charge in [0, 0.05) is 35.5 Å². The normalized spacial score (nSPS) is 11.7. The van der Waals surface area contributed by atoms with E-state index in [1.54, 1.807) is 27.8 Å². The van der Waals surface area contributed by atoms with Gasteiger partial charge in [-0.15, -0.1) is 0 Å². The van der Waals surface area contributed by atoms with E-state index in [2.05, 4.69) is 41.3 Å². The lowest BCUT2D eigenvalue weighted by Gasteiger charge is -2.13. The van der Waals surface area contributed by atoms with Crippen LogP contribution in [0.5, 0.6) is 0 Å². The predicted octanol–water partition coefficient (Wildman–Crippen LogP) is 4.40. The molecule has 1 amide bonds. The summed E-state index contributed by atoms with van der Waals surface area (Å²) in [6.45, 7) is 6.23. The smallest absolute Gasteiger partial charge is 0.249 e. The van der Waals surface area contributed by atoms with E-state index < -0.39 is 0 Å². The maximum absolute atomic E-state index is 12.6. The minimum absolute atomic E-state index is 0.165. The van der Waals surface area contributed by atoms with Gasteiger partial charge in [0.25, 0.3) is 0 Å². The lowest BCUT2D eigenvalue weighted by molar-refractivity contribution is -0.111. The summed E-state index contributed by atoms with van der Waals surface area (Å²) < 4.78 is 3.42. The quantitative estimate of drug-likeness (QED) is 0.493. The molecular formula is C24H24N6O. The number of para-hydroxylation sites is 1. The van der Waals surface area contributed by atoms with Crippen LogP contribution in [0.3, 0.4) is 0 Å². The lowest BCUT2D eigenvalue weighted by Crippen LogP contribution is -2.13. The van der Waals surface area contributed by atoms with Crippen LogP contribution in [0.15, 0.2) is 79.3 Å². The molecule has 0 fully saturated rings. The summed E-state index contributed by atoms with van der Waals surface area (Å²) in [4.78, 5) is 17.0. The molecule has 0 radical (unpaired) electrons. The number of amides is 1. The van der Waals surface area contributed by atoms with Crippen LogP contribution in [0.4, 0.5) is 5.82 Å². The average Bonchev–Trinajstić information content (AvgIpc) is 3.41. The molecule has 3 heterocycles. The van der Waals surface area contributed by atoms with E-state index in [1.807, 2.05) is 60.8 Å². The number of anilines is 1. The van der Waals surface area contributed by atoms with Crippen molar-refractivity contribution in [3.63, 3.8) is 0 Å². The number of carbonyl (C=O) groups excluding carboxylic acids is 1. The number of hydrogen-bond acceptors (Lipinski definition) is 4. The summed E-state index contributed by atoms with van der Waals surface area (Å²) >= 11 is 0. The van der Waals surface area contributed by atoms with Crippen LogP contribution in [0.2, 0.25) is 0 Å². The Balaban J connectivity index is 1.53. The second-order valence-corrected chi connectivity index (χ2v) is 8.14. The Morgan fingerprint density at radius 3 is 2.55 bits per heavy atom. The lowest BCUT2D eigenvalue weighted by atomic mass is 9.92. The number of hydrogen-bond donors (Lipinski definition) is 1. The molecule has 1 N–H and O–H groups in total. The molecule has 7 nitrogen and oxygen atoms in total. The van der Waals surface area contributed by atoms with Gasteiger partial charge >= 0.3 is 0 Å². The number of rotatable bonds is 5. The second-order valence-electron chi connectivity index (χ2n) is 8.14. The molecule has 3 aromatic heterocycles. The van der Waals surface area contributed by atoms with Crippen LogP contribution in [-0.4, -0.2) is 30.5 Å². The van der Waals surface area contributed by atoms with Gasteiger partial charge in [-0.05, 0) is 30.3 Å². The number of nitrogens with one attached hydrogen (secondary N) is 1. The van der Waals surface area contributed by atoms with E-state index in [9.17, 15) is 4.79 Å². The summed E-state index contributed by atoms with van der Waals surface area (Å²) in [5.41, 5.74) is 2.48. The van der Waals surface area contributed by atoms with Crippen molar-refractivity contribution in [2.45, 2.75) is 26.2 Å². The first-order valence-electron chi connectivity index (χ1n) is 10.0. The van der Waals surface area contributed by atoms with Crippen molar-refractivity contribution in [3.05, 3.63) is 90.5 Å². The van der Waals surface area contributed by atoms with Gasteiger partial charge in [-0.2, -0.15) is 14.9 Å². The minimum Gasteiger partial charge on any atom is -0.307 e. The molecule has 0 aliphatic carbocycles. The van der Waals surface area contributed by atoms with Gasteiger partial charge in [-0.3, -0.25) is 4.79 Å². The van der Waals surface area contributed by atoms with Gasteiger partial charge in [-0.25, -0.2) is 9.67 Å². The van der Waals surface area contributed by atoms with Crippen LogP contribution >= 0.6 is 0 Å². The summed E-state index contributed by atoms with van der Waals surface area (Å²) in [6.07, 6.45) is 8.50. The fourth-order valence-corrected chi connectivity index (χ4v) is 2.97. The van der Waals surface area contributed by atoms with Crippen molar-refractivity contribution in [2.75, 3.05) is 5.32 Å². The van der Waals surface area contributed by atoms with Gasteiger partial charge < -0.3 is 5.32 Å². The van der Waals surface area contributed by atoms with Crippen molar-refractivity contribution in [1.29, 1.82) is 0 Å². The van der Waals surface area contributed by atoms with E-state index >= 15 is 0 Å². The van der Waals surface area contributed by atoms with E-state index in [4.69, 9.17) is 0 Å². The van der Waals surface area contributed by atoms with Crippen LogP contribution in [0.25, 0.3) is 17.6 Å². The Hall–Kier alpha value is -4.00. The van der Waals surface area contributed by atoms with Gasteiger partial charge in [0.15, 0.2) is 5.82 Å². The summed E-state index contributed by atoms with van der Waals surface area (Å²) in [5.74, 6) is 0.949. The largest absolute Gasteiger partial charge is 0.307 e. The molecule has 4 aromatic rings. The number of pyridine rings is 1.